The van der Waals surface area contributed by atoms with Gasteiger partial charge in [0.25, 0.3) is 5.91 Å². The van der Waals surface area contributed by atoms with E-state index in [2.05, 4.69) is 5.32 Å². The van der Waals surface area contributed by atoms with Crippen LogP contribution in [0.5, 0.6) is 0 Å². The number of ether oxygens (including phenoxy) is 1. The van der Waals surface area contributed by atoms with Gasteiger partial charge in [-0.3, -0.25) is 4.79 Å². The molecular formula is C18H21NO3S. The summed E-state index contributed by atoms with van der Waals surface area (Å²) in [5, 5.41) is 4.02. The quantitative estimate of drug-likeness (QED) is 0.858. The Kier molecular flexibility index (Phi) is 5.06. The molecule has 0 bridgehead atoms. The van der Waals surface area contributed by atoms with Gasteiger partial charge in [-0.25, -0.2) is 4.79 Å². The summed E-state index contributed by atoms with van der Waals surface area (Å²) >= 11 is 1.63. The summed E-state index contributed by atoms with van der Waals surface area (Å²) in [5.74, 6) is -0.245. The molecule has 0 spiro atoms. The summed E-state index contributed by atoms with van der Waals surface area (Å²) in [6.45, 7) is 2.16. The molecule has 1 saturated carbocycles. The standard InChI is InChI=1S/C18H21NO3S/c1-2-22-18(21)15-13-10-6-7-11-14(13)23-17(15)19-16(20)12-8-4-3-5-9-12/h3-5,8-9,13-14H,2,6-7,10-11H2,1H3,(H,19,20)/t13-,14-/m0/s1. The Balaban J connectivity index is 1.84. The molecule has 1 fully saturated rings. The predicted molar refractivity (Wildman–Crippen MR) is 90.9 cm³/mol. The van der Waals surface area contributed by atoms with Gasteiger partial charge < -0.3 is 10.1 Å². The summed E-state index contributed by atoms with van der Waals surface area (Å²) in [6, 6.07) is 9.08. The first-order valence-electron chi connectivity index (χ1n) is 8.15. The van der Waals surface area contributed by atoms with E-state index in [0.29, 0.717) is 28.0 Å². The number of carbonyl (C=O) groups is 2. The number of fused-ring (bicyclic) bond motifs is 1. The minimum absolute atomic E-state index is 0.173. The molecule has 122 valence electrons. The summed E-state index contributed by atoms with van der Waals surface area (Å²) in [5.41, 5.74) is 1.27. The summed E-state index contributed by atoms with van der Waals surface area (Å²) in [4.78, 5) is 24.8. The Morgan fingerprint density at radius 3 is 2.70 bits per heavy atom. The predicted octanol–water partition coefficient (Wildman–Crippen LogP) is 3.50. The van der Waals surface area contributed by atoms with Gasteiger partial charge in [0.2, 0.25) is 0 Å². The maximum Gasteiger partial charge on any atom is 0.336 e. The van der Waals surface area contributed by atoms with Gasteiger partial charge in [-0.05, 0) is 31.9 Å². The van der Waals surface area contributed by atoms with Crippen molar-refractivity contribution in [1.82, 2.24) is 5.32 Å². The van der Waals surface area contributed by atoms with Crippen LogP contribution in [0.2, 0.25) is 0 Å². The number of hydrogen-bond donors (Lipinski definition) is 1. The lowest BCUT2D eigenvalue weighted by Crippen LogP contribution is -2.26. The fourth-order valence-electron chi connectivity index (χ4n) is 3.27. The molecule has 0 radical (unpaired) electrons. The van der Waals surface area contributed by atoms with Crippen LogP contribution in [0.1, 0.15) is 43.0 Å². The number of rotatable bonds is 4. The molecule has 1 aromatic carbocycles. The molecule has 3 rings (SSSR count). The second kappa shape index (κ2) is 7.21. The van der Waals surface area contributed by atoms with Crippen molar-refractivity contribution < 1.29 is 14.3 Å². The second-order valence-electron chi connectivity index (χ2n) is 5.83. The number of nitrogens with one attached hydrogen (secondary N) is 1. The number of esters is 1. The van der Waals surface area contributed by atoms with Crippen molar-refractivity contribution >= 4 is 23.6 Å². The minimum Gasteiger partial charge on any atom is -0.463 e. The monoisotopic (exact) mass is 331 g/mol. The highest BCUT2D eigenvalue weighted by atomic mass is 32.2. The lowest BCUT2D eigenvalue weighted by Gasteiger charge is -2.25. The summed E-state index contributed by atoms with van der Waals surface area (Å²) < 4.78 is 5.23. The average Bonchev–Trinajstić information content (AvgIpc) is 2.93. The van der Waals surface area contributed by atoms with Crippen LogP contribution in [0.25, 0.3) is 0 Å². The SMILES string of the molecule is CCOC(=O)C1=C(NC(=O)c2ccccc2)S[C@H]2CCCC[C@H]12. The van der Waals surface area contributed by atoms with Crippen molar-refractivity contribution in [3.63, 3.8) is 0 Å². The van der Waals surface area contributed by atoms with Gasteiger partial charge in [0.05, 0.1) is 17.2 Å². The smallest absolute Gasteiger partial charge is 0.336 e. The van der Waals surface area contributed by atoms with Crippen molar-refractivity contribution in [2.45, 2.75) is 37.9 Å². The van der Waals surface area contributed by atoms with E-state index in [1.54, 1.807) is 30.8 Å². The molecule has 0 aromatic heterocycles. The topological polar surface area (TPSA) is 55.4 Å². The molecule has 1 amide bonds. The highest BCUT2D eigenvalue weighted by Crippen LogP contribution is 2.48. The van der Waals surface area contributed by atoms with Crippen molar-refractivity contribution in [3.05, 3.63) is 46.5 Å². The van der Waals surface area contributed by atoms with E-state index in [-0.39, 0.29) is 17.8 Å². The average molecular weight is 331 g/mol. The summed E-state index contributed by atoms with van der Waals surface area (Å²) in [6.07, 6.45) is 4.40. The summed E-state index contributed by atoms with van der Waals surface area (Å²) in [7, 11) is 0. The van der Waals surface area contributed by atoms with Gasteiger partial charge in [0.1, 0.15) is 0 Å². The zero-order valence-electron chi connectivity index (χ0n) is 13.2. The molecule has 23 heavy (non-hydrogen) atoms. The Bertz CT molecular complexity index is 626. The van der Waals surface area contributed by atoms with Gasteiger partial charge in [-0.1, -0.05) is 31.0 Å². The van der Waals surface area contributed by atoms with Crippen LogP contribution >= 0.6 is 11.8 Å². The van der Waals surface area contributed by atoms with E-state index in [0.717, 1.165) is 19.3 Å². The van der Waals surface area contributed by atoms with Crippen LogP contribution in [-0.4, -0.2) is 23.7 Å². The van der Waals surface area contributed by atoms with Crippen LogP contribution in [0.4, 0.5) is 0 Å². The Morgan fingerprint density at radius 1 is 1.22 bits per heavy atom. The largest absolute Gasteiger partial charge is 0.463 e. The highest BCUT2D eigenvalue weighted by Gasteiger charge is 2.41. The first-order chi connectivity index (χ1) is 11.2. The molecule has 1 N–H and O–H groups in total. The second-order valence-corrected chi connectivity index (χ2v) is 7.08. The minimum atomic E-state index is -0.280. The Morgan fingerprint density at radius 2 is 1.96 bits per heavy atom. The third-order valence-electron chi connectivity index (χ3n) is 4.35. The van der Waals surface area contributed by atoms with E-state index in [1.165, 1.54) is 6.42 Å². The first-order valence-corrected chi connectivity index (χ1v) is 9.03. The Labute approximate surface area is 140 Å². The zero-order chi connectivity index (χ0) is 16.2. The first kappa shape index (κ1) is 16.1. The number of benzene rings is 1. The molecular weight excluding hydrogens is 310 g/mol. The highest BCUT2D eigenvalue weighted by molar-refractivity contribution is 8.04. The molecule has 1 heterocycles. The third-order valence-corrected chi connectivity index (χ3v) is 5.77. The van der Waals surface area contributed by atoms with E-state index in [9.17, 15) is 9.59 Å². The maximum atomic E-state index is 12.4. The lowest BCUT2D eigenvalue weighted by atomic mass is 9.84. The Hall–Kier alpha value is -1.75. The molecule has 0 saturated heterocycles. The normalized spacial score (nSPS) is 23.3. The van der Waals surface area contributed by atoms with Gasteiger partial charge >= 0.3 is 5.97 Å². The van der Waals surface area contributed by atoms with E-state index in [1.807, 2.05) is 18.2 Å². The molecule has 4 nitrogen and oxygen atoms in total. The molecule has 1 aliphatic heterocycles. The van der Waals surface area contributed by atoms with Crippen molar-refractivity contribution in [2.75, 3.05) is 6.61 Å². The van der Waals surface area contributed by atoms with Crippen LogP contribution in [0.15, 0.2) is 40.9 Å². The van der Waals surface area contributed by atoms with Crippen LogP contribution in [0.3, 0.4) is 0 Å². The number of amides is 1. The van der Waals surface area contributed by atoms with Gasteiger partial charge in [-0.15, -0.1) is 11.8 Å². The molecule has 5 heteroatoms. The lowest BCUT2D eigenvalue weighted by molar-refractivity contribution is -0.139. The van der Waals surface area contributed by atoms with E-state index in [4.69, 9.17) is 4.74 Å². The molecule has 2 atom stereocenters. The van der Waals surface area contributed by atoms with Gasteiger partial charge in [0.15, 0.2) is 0 Å². The third kappa shape index (κ3) is 3.44. The number of carbonyl (C=O) groups excluding carboxylic acids is 2. The fourth-order valence-corrected chi connectivity index (χ4v) is 4.80. The van der Waals surface area contributed by atoms with E-state index < -0.39 is 0 Å². The number of thioether (sulfide) groups is 1. The molecule has 1 aromatic rings. The zero-order valence-corrected chi connectivity index (χ0v) is 14.0. The van der Waals surface area contributed by atoms with Gasteiger partial charge in [0, 0.05) is 16.7 Å². The molecule has 2 aliphatic rings. The van der Waals surface area contributed by atoms with Crippen molar-refractivity contribution in [3.8, 4) is 0 Å². The van der Waals surface area contributed by atoms with Crippen LogP contribution in [-0.2, 0) is 9.53 Å². The number of hydrogen-bond acceptors (Lipinski definition) is 4. The fraction of sp³-hybridized carbons (Fsp3) is 0.444. The van der Waals surface area contributed by atoms with Crippen molar-refractivity contribution in [2.24, 2.45) is 5.92 Å². The maximum absolute atomic E-state index is 12.4. The van der Waals surface area contributed by atoms with Gasteiger partial charge in [-0.2, -0.15) is 0 Å². The molecule has 1 aliphatic carbocycles. The van der Waals surface area contributed by atoms with Crippen LogP contribution in [0, 0.1) is 5.92 Å². The van der Waals surface area contributed by atoms with Crippen LogP contribution < -0.4 is 5.32 Å². The molecule has 0 unspecified atom stereocenters. The van der Waals surface area contributed by atoms with Crippen molar-refractivity contribution in [1.29, 1.82) is 0 Å². The van der Waals surface area contributed by atoms with E-state index >= 15 is 0 Å².